The standard InChI is InChI=1S/C20H25BrN3O5P/c1-3-28-30(27,29-4-2)13-14-7-9-15(10-8-14)20(26)24-17(19(22)25)12-16-6-5-11-23-18(16)21/h5-11,17H,3-4,12-13H2,1-2H3,(H2,22,25)(H,24,26)/t17-/m0/s1. The van der Waals surface area contributed by atoms with E-state index in [9.17, 15) is 14.2 Å². The van der Waals surface area contributed by atoms with Crippen molar-refractivity contribution < 1.29 is 23.2 Å². The Hall–Kier alpha value is -2.06. The fourth-order valence-electron chi connectivity index (χ4n) is 2.76. The van der Waals surface area contributed by atoms with Crippen LogP contribution in [0.4, 0.5) is 0 Å². The van der Waals surface area contributed by atoms with Gasteiger partial charge in [0.2, 0.25) is 5.91 Å². The maximum atomic E-state index is 12.6. The SMILES string of the molecule is CCOP(=O)(Cc1ccc(C(=O)N[C@@H](Cc2cccnc2Br)C(N)=O)cc1)OCC. The van der Waals surface area contributed by atoms with Crippen LogP contribution in [0.1, 0.15) is 35.3 Å². The van der Waals surface area contributed by atoms with Gasteiger partial charge in [-0.1, -0.05) is 18.2 Å². The fourth-order valence-corrected chi connectivity index (χ4v) is 4.88. The molecule has 0 aliphatic heterocycles. The highest BCUT2D eigenvalue weighted by Crippen LogP contribution is 2.51. The first kappa shape index (κ1) is 24.2. The van der Waals surface area contributed by atoms with E-state index in [0.29, 0.717) is 15.7 Å². The number of aromatic nitrogens is 1. The molecule has 162 valence electrons. The highest BCUT2D eigenvalue weighted by atomic mass is 79.9. The largest absolute Gasteiger partial charge is 0.368 e. The number of primary amides is 1. The van der Waals surface area contributed by atoms with Crippen molar-refractivity contribution in [2.75, 3.05) is 13.2 Å². The Kier molecular flexibility index (Phi) is 9.17. The molecule has 0 saturated carbocycles. The molecule has 1 heterocycles. The lowest BCUT2D eigenvalue weighted by molar-refractivity contribution is -0.119. The number of benzene rings is 1. The molecule has 8 nitrogen and oxygen atoms in total. The number of nitrogens with one attached hydrogen (secondary N) is 1. The van der Waals surface area contributed by atoms with Crippen molar-refractivity contribution in [2.45, 2.75) is 32.5 Å². The summed E-state index contributed by atoms with van der Waals surface area (Å²) in [6.45, 7) is 4.05. The van der Waals surface area contributed by atoms with Gasteiger partial charge < -0.3 is 20.1 Å². The molecule has 2 aromatic rings. The molecular weight excluding hydrogens is 473 g/mol. The number of nitrogens with two attached hydrogens (primary N) is 1. The third kappa shape index (κ3) is 7.02. The number of hydrogen-bond donors (Lipinski definition) is 2. The molecule has 3 N–H and O–H groups in total. The molecule has 1 aromatic carbocycles. The van der Waals surface area contributed by atoms with Gasteiger partial charge in [-0.3, -0.25) is 14.2 Å². The van der Waals surface area contributed by atoms with E-state index >= 15 is 0 Å². The van der Waals surface area contributed by atoms with Crippen molar-refractivity contribution in [1.29, 1.82) is 0 Å². The van der Waals surface area contributed by atoms with Crippen molar-refractivity contribution >= 4 is 35.3 Å². The number of pyridine rings is 1. The highest BCUT2D eigenvalue weighted by molar-refractivity contribution is 9.10. The number of nitrogens with zero attached hydrogens (tertiary/aromatic N) is 1. The number of carbonyl (C=O) groups is 2. The highest BCUT2D eigenvalue weighted by Gasteiger charge is 2.24. The van der Waals surface area contributed by atoms with Crippen LogP contribution in [0.3, 0.4) is 0 Å². The van der Waals surface area contributed by atoms with Gasteiger partial charge in [0.1, 0.15) is 10.6 Å². The maximum Gasteiger partial charge on any atom is 0.335 e. The van der Waals surface area contributed by atoms with E-state index in [1.165, 1.54) is 0 Å². The van der Waals surface area contributed by atoms with E-state index in [0.717, 1.165) is 5.56 Å². The average Bonchev–Trinajstić information content (AvgIpc) is 2.69. The van der Waals surface area contributed by atoms with Crippen LogP contribution < -0.4 is 11.1 Å². The lowest BCUT2D eigenvalue weighted by Crippen LogP contribution is -2.45. The lowest BCUT2D eigenvalue weighted by atomic mass is 10.1. The lowest BCUT2D eigenvalue weighted by Gasteiger charge is -2.18. The Morgan fingerprint density at radius 2 is 1.80 bits per heavy atom. The van der Waals surface area contributed by atoms with Crippen molar-refractivity contribution in [3.8, 4) is 0 Å². The predicted octanol–water partition coefficient (Wildman–Crippen LogP) is 3.44. The van der Waals surface area contributed by atoms with Crippen LogP contribution in [0.5, 0.6) is 0 Å². The van der Waals surface area contributed by atoms with Crippen LogP contribution in [-0.2, 0) is 31.0 Å². The number of halogens is 1. The van der Waals surface area contributed by atoms with Crippen LogP contribution >= 0.6 is 23.5 Å². The minimum Gasteiger partial charge on any atom is -0.368 e. The van der Waals surface area contributed by atoms with E-state index in [-0.39, 0.29) is 25.8 Å². The molecule has 0 bridgehead atoms. The summed E-state index contributed by atoms with van der Waals surface area (Å²) in [5, 5.41) is 2.65. The van der Waals surface area contributed by atoms with Crippen molar-refractivity contribution in [3.63, 3.8) is 0 Å². The first-order chi connectivity index (χ1) is 14.3. The summed E-state index contributed by atoms with van der Waals surface area (Å²) in [5.41, 5.74) is 7.27. The van der Waals surface area contributed by atoms with Gasteiger partial charge in [0, 0.05) is 18.2 Å². The summed E-state index contributed by atoms with van der Waals surface area (Å²) < 4.78 is 23.8. The molecule has 30 heavy (non-hydrogen) atoms. The zero-order valence-electron chi connectivity index (χ0n) is 16.8. The molecule has 2 amide bonds. The van der Waals surface area contributed by atoms with Gasteiger partial charge in [0.15, 0.2) is 0 Å². The Labute approximate surface area is 184 Å². The number of hydrogen-bond acceptors (Lipinski definition) is 6. The van der Waals surface area contributed by atoms with Crippen LogP contribution in [0.2, 0.25) is 0 Å². The van der Waals surface area contributed by atoms with Crippen LogP contribution in [0, 0.1) is 0 Å². The molecule has 1 atom stereocenters. The van der Waals surface area contributed by atoms with Crippen LogP contribution in [-0.4, -0.2) is 36.1 Å². The topological polar surface area (TPSA) is 121 Å². The van der Waals surface area contributed by atoms with Crippen molar-refractivity contribution in [1.82, 2.24) is 10.3 Å². The molecule has 2 rings (SSSR count). The summed E-state index contributed by atoms with van der Waals surface area (Å²) in [6, 6.07) is 9.17. The van der Waals surface area contributed by atoms with E-state index in [1.54, 1.807) is 56.4 Å². The van der Waals surface area contributed by atoms with Gasteiger partial charge in [0.25, 0.3) is 5.91 Å². The zero-order valence-corrected chi connectivity index (χ0v) is 19.3. The summed E-state index contributed by atoms with van der Waals surface area (Å²) in [5.74, 6) is -1.09. The second kappa shape index (κ2) is 11.4. The minimum absolute atomic E-state index is 0.107. The predicted molar refractivity (Wildman–Crippen MR) is 117 cm³/mol. The van der Waals surface area contributed by atoms with Gasteiger partial charge >= 0.3 is 7.60 Å². The summed E-state index contributed by atoms with van der Waals surface area (Å²) in [6.07, 6.45) is 1.93. The van der Waals surface area contributed by atoms with Gasteiger partial charge in [0.05, 0.1) is 19.4 Å². The molecule has 0 saturated heterocycles. The van der Waals surface area contributed by atoms with E-state index < -0.39 is 25.5 Å². The molecular formula is C20H25BrN3O5P. The molecule has 0 spiro atoms. The van der Waals surface area contributed by atoms with Crippen LogP contribution in [0.15, 0.2) is 47.2 Å². The van der Waals surface area contributed by atoms with Gasteiger partial charge in [-0.15, -0.1) is 0 Å². The summed E-state index contributed by atoms with van der Waals surface area (Å²) >= 11 is 3.32. The van der Waals surface area contributed by atoms with E-state index in [2.05, 4.69) is 26.2 Å². The molecule has 0 aliphatic carbocycles. The minimum atomic E-state index is -3.23. The number of carbonyl (C=O) groups excluding carboxylic acids is 2. The number of rotatable bonds is 11. The first-order valence-electron chi connectivity index (χ1n) is 9.44. The quantitative estimate of drug-likeness (QED) is 0.362. The van der Waals surface area contributed by atoms with E-state index in [1.807, 2.05) is 0 Å². The second-order valence-corrected chi connectivity index (χ2v) is 9.19. The van der Waals surface area contributed by atoms with Crippen LogP contribution in [0.25, 0.3) is 0 Å². The third-order valence-corrected chi connectivity index (χ3v) is 6.92. The third-order valence-electron chi connectivity index (χ3n) is 4.15. The second-order valence-electron chi connectivity index (χ2n) is 6.39. The monoisotopic (exact) mass is 497 g/mol. The molecule has 0 unspecified atom stereocenters. The summed E-state index contributed by atoms with van der Waals surface area (Å²) in [4.78, 5) is 28.5. The maximum absolute atomic E-state index is 12.6. The summed E-state index contributed by atoms with van der Waals surface area (Å²) in [7, 11) is -3.23. The average molecular weight is 498 g/mol. The molecule has 0 radical (unpaired) electrons. The van der Waals surface area contributed by atoms with Crippen molar-refractivity contribution in [3.05, 3.63) is 63.9 Å². The molecule has 1 aromatic heterocycles. The van der Waals surface area contributed by atoms with Gasteiger partial charge in [-0.2, -0.15) is 0 Å². The Morgan fingerprint density at radius 1 is 1.17 bits per heavy atom. The fraction of sp³-hybridized carbons (Fsp3) is 0.350. The molecule has 0 aliphatic rings. The molecule has 10 heteroatoms. The first-order valence-corrected chi connectivity index (χ1v) is 12.0. The Balaban J connectivity index is 2.07. The Morgan fingerprint density at radius 3 is 2.33 bits per heavy atom. The Bertz CT molecular complexity index is 913. The normalized spacial score (nSPS) is 12.4. The van der Waals surface area contributed by atoms with Gasteiger partial charge in [-0.25, -0.2) is 4.98 Å². The smallest absolute Gasteiger partial charge is 0.335 e. The zero-order chi connectivity index (χ0) is 22.1. The van der Waals surface area contributed by atoms with Gasteiger partial charge in [-0.05, 0) is 59.1 Å². The van der Waals surface area contributed by atoms with E-state index in [4.69, 9.17) is 14.8 Å². The van der Waals surface area contributed by atoms with Crippen molar-refractivity contribution in [2.24, 2.45) is 5.73 Å². The molecule has 0 fully saturated rings. The number of amides is 2.